The van der Waals surface area contributed by atoms with E-state index in [2.05, 4.69) is 20.6 Å². The van der Waals surface area contributed by atoms with E-state index in [1.165, 1.54) is 24.3 Å². The normalized spacial score (nSPS) is 10.4. The van der Waals surface area contributed by atoms with Crippen molar-refractivity contribution in [2.24, 2.45) is 0 Å². The molecule has 0 saturated heterocycles. The maximum absolute atomic E-state index is 12.9. The number of hydrogen-bond acceptors (Lipinski definition) is 5. The average molecular weight is 326 g/mol. The van der Waals surface area contributed by atoms with Crippen molar-refractivity contribution in [2.75, 3.05) is 10.6 Å². The molecule has 3 aromatic rings. The van der Waals surface area contributed by atoms with Gasteiger partial charge in [-0.05, 0) is 43.3 Å². The van der Waals surface area contributed by atoms with E-state index < -0.39 is 5.91 Å². The first-order valence-electron chi connectivity index (χ1n) is 7.29. The fourth-order valence-electron chi connectivity index (χ4n) is 2.09. The maximum Gasteiger partial charge on any atom is 0.274 e. The third-order valence-electron chi connectivity index (χ3n) is 3.20. The second kappa shape index (κ2) is 6.91. The molecule has 0 aliphatic heterocycles. The first kappa shape index (κ1) is 15.7. The lowest BCUT2D eigenvalue weighted by Gasteiger charge is -2.08. The first-order chi connectivity index (χ1) is 11.6. The summed E-state index contributed by atoms with van der Waals surface area (Å²) < 4.78 is 18.1. The van der Waals surface area contributed by atoms with Gasteiger partial charge in [0.15, 0.2) is 0 Å². The molecule has 24 heavy (non-hydrogen) atoms. The summed E-state index contributed by atoms with van der Waals surface area (Å²) in [7, 11) is 0. The maximum atomic E-state index is 12.9. The number of aromatic nitrogens is 2. The smallest absolute Gasteiger partial charge is 0.274 e. The molecule has 0 aliphatic carbocycles. The van der Waals surface area contributed by atoms with Crippen molar-refractivity contribution in [3.8, 4) is 0 Å². The number of aryl methyl sites for hydroxylation is 1. The minimum absolute atomic E-state index is 0.216. The number of nitrogens with one attached hydrogen (secondary N) is 2. The Kier molecular flexibility index (Phi) is 4.51. The number of hydrogen-bond donors (Lipinski definition) is 2. The minimum atomic E-state index is -0.395. The molecule has 0 bridgehead atoms. The van der Waals surface area contributed by atoms with Crippen LogP contribution in [0.25, 0.3) is 0 Å². The first-order valence-corrected chi connectivity index (χ1v) is 7.29. The Hall–Kier alpha value is -3.22. The SMILES string of the molecule is Cc1nc(NCc2ccco2)cc(C(=O)Nc2ccc(F)cc2)n1. The largest absolute Gasteiger partial charge is 0.467 e. The molecule has 0 fully saturated rings. The van der Waals surface area contributed by atoms with Gasteiger partial charge in [-0.25, -0.2) is 14.4 Å². The van der Waals surface area contributed by atoms with Gasteiger partial charge in [0.25, 0.3) is 5.91 Å². The number of furan rings is 1. The Morgan fingerprint density at radius 3 is 2.71 bits per heavy atom. The highest BCUT2D eigenvalue weighted by atomic mass is 19.1. The number of benzene rings is 1. The summed E-state index contributed by atoms with van der Waals surface area (Å²) >= 11 is 0. The van der Waals surface area contributed by atoms with Crippen molar-refractivity contribution in [3.63, 3.8) is 0 Å². The topological polar surface area (TPSA) is 80.0 Å². The third kappa shape index (κ3) is 3.95. The van der Waals surface area contributed by atoms with Gasteiger partial charge in [0, 0.05) is 11.8 Å². The van der Waals surface area contributed by atoms with Crippen LogP contribution in [0.3, 0.4) is 0 Å². The van der Waals surface area contributed by atoms with Gasteiger partial charge in [-0.1, -0.05) is 0 Å². The van der Waals surface area contributed by atoms with Crippen molar-refractivity contribution >= 4 is 17.4 Å². The highest BCUT2D eigenvalue weighted by molar-refractivity contribution is 6.03. The quantitative estimate of drug-likeness (QED) is 0.751. The Morgan fingerprint density at radius 2 is 2.00 bits per heavy atom. The molecule has 0 saturated carbocycles. The summed E-state index contributed by atoms with van der Waals surface area (Å²) in [5.74, 6) is 0.971. The van der Waals surface area contributed by atoms with Crippen LogP contribution in [0.4, 0.5) is 15.9 Å². The summed E-state index contributed by atoms with van der Waals surface area (Å²) in [5.41, 5.74) is 0.705. The van der Waals surface area contributed by atoms with E-state index in [0.717, 1.165) is 5.76 Å². The van der Waals surface area contributed by atoms with Gasteiger partial charge in [-0.3, -0.25) is 4.79 Å². The zero-order valence-corrected chi connectivity index (χ0v) is 12.9. The molecular formula is C17H15FN4O2. The van der Waals surface area contributed by atoms with Gasteiger partial charge in [0.1, 0.15) is 28.9 Å². The van der Waals surface area contributed by atoms with E-state index in [1.54, 1.807) is 25.3 Å². The van der Waals surface area contributed by atoms with Crippen LogP contribution < -0.4 is 10.6 Å². The number of amides is 1. The zero-order chi connectivity index (χ0) is 16.9. The van der Waals surface area contributed by atoms with Crippen molar-refractivity contribution in [3.05, 3.63) is 71.8 Å². The fraction of sp³-hybridized carbons (Fsp3) is 0.118. The van der Waals surface area contributed by atoms with Crippen LogP contribution >= 0.6 is 0 Å². The summed E-state index contributed by atoms with van der Waals surface area (Å²) in [6, 6.07) is 10.7. The second-order valence-electron chi connectivity index (χ2n) is 5.08. The van der Waals surface area contributed by atoms with Crippen molar-refractivity contribution in [1.82, 2.24) is 9.97 Å². The highest BCUT2D eigenvalue weighted by Crippen LogP contribution is 2.13. The molecule has 0 aliphatic rings. The number of anilines is 2. The van der Waals surface area contributed by atoms with Gasteiger partial charge < -0.3 is 15.1 Å². The summed E-state index contributed by atoms with van der Waals surface area (Å²) in [5, 5.41) is 5.75. The lowest BCUT2D eigenvalue weighted by molar-refractivity contribution is 0.102. The number of carbonyl (C=O) groups excluding carboxylic acids is 1. The molecule has 122 valence electrons. The Morgan fingerprint density at radius 1 is 1.21 bits per heavy atom. The fourth-order valence-corrected chi connectivity index (χ4v) is 2.09. The van der Waals surface area contributed by atoms with E-state index in [4.69, 9.17) is 4.42 Å². The van der Waals surface area contributed by atoms with E-state index in [-0.39, 0.29) is 11.5 Å². The predicted octanol–water partition coefficient (Wildman–Crippen LogP) is 3.38. The lowest BCUT2D eigenvalue weighted by Crippen LogP contribution is -2.15. The Labute approximate surface area is 137 Å². The molecule has 0 radical (unpaired) electrons. The van der Waals surface area contributed by atoms with Crippen molar-refractivity contribution < 1.29 is 13.6 Å². The van der Waals surface area contributed by atoms with Crippen LogP contribution in [0, 0.1) is 12.7 Å². The average Bonchev–Trinajstić information content (AvgIpc) is 3.08. The molecule has 3 rings (SSSR count). The van der Waals surface area contributed by atoms with Crippen LogP contribution in [-0.2, 0) is 6.54 Å². The van der Waals surface area contributed by atoms with Gasteiger partial charge >= 0.3 is 0 Å². The van der Waals surface area contributed by atoms with Gasteiger partial charge in [-0.15, -0.1) is 0 Å². The molecule has 7 heteroatoms. The highest BCUT2D eigenvalue weighted by Gasteiger charge is 2.11. The van der Waals surface area contributed by atoms with E-state index in [0.29, 0.717) is 23.9 Å². The number of carbonyl (C=O) groups is 1. The van der Waals surface area contributed by atoms with Crippen molar-refractivity contribution in [1.29, 1.82) is 0 Å². The van der Waals surface area contributed by atoms with Crippen LogP contribution in [0.1, 0.15) is 22.1 Å². The van der Waals surface area contributed by atoms with E-state index >= 15 is 0 Å². The zero-order valence-electron chi connectivity index (χ0n) is 12.9. The van der Waals surface area contributed by atoms with Crippen LogP contribution in [0.15, 0.2) is 53.1 Å². The standard InChI is InChI=1S/C17H15FN4O2/c1-11-20-15(17(23)22-13-6-4-12(18)5-7-13)9-16(21-11)19-10-14-3-2-8-24-14/h2-9H,10H2,1H3,(H,22,23)(H,19,20,21). The summed E-state index contributed by atoms with van der Waals surface area (Å²) in [4.78, 5) is 20.7. The molecule has 1 amide bonds. The minimum Gasteiger partial charge on any atom is -0.467 e. The molecule has 1 aromatic carbocycles. The lowest BCUT2D eigenvalue weighted by atomic mass is 10.3. The van der Waals surface area contributed by atoms with E-state index in [1.807, 2.05) is 6.07 Å². The molecule has 2 N–H and O–H groups in total. The van der Waals surface area contributed by atoms with Crippen molar-refractivity contribution in [2.45, 2.75) is 13.5 Å². The molecule has 2 aromatic heterocycles. The third-order valence-corrected chi connectivity index (χ3v) is 3.20. The second-order valence-corrected chi connectivity index (χ2v) is 5.08. The number of halogens is 1. The van der Waals surface area contributed by atoms with E-state index in [9.17, 15) is 9.18 Å². The molecule has 0 unspecified atom stereocenters. The monoisotopic (exact) mass is 326 g/mol. The Balaban J connectivity index is 1.72. The van der Waals surface area contributed by atoms with Gasteiger partial charge in [-0.2, -0.15) is 0 Å². The Bertz CT molecular complexity index is 832. The van der Waals surface area contributed by atoms with Crippen LogP contribution in [0.2, 0.25) is 0 Å². The predicted molar refractivity (Wildman–Crippen MR) is 87.2 cm³/mol. The molecule has 6 nitrogen and oxygen atoms in total. The van der Waals surface area contributed by atoms with Gasteiger partial charge in [0.05, 0.1) is 12.8 Å². The van der Waals surface area contributed by atoms with Gasteiger partial charge in [0.2, 0.25) is 0 Å². The molecule has 2 heterocycles. The van der Waals surface area contributed by atoms with Crippen LogP contribution in [-0.4, -0.2) is 15.9 Å². The van der Waals surface area contributed by atoms with Crippen LogP contribution in [0.5, 0.6) is 0 Å². The molecule has 0 spiro atoms. The summed E-state index contributed by atoms with van der Waals surface area (Å²) in [6.07, 6.45) is 1.59. The molecular weight excluding hydrogens is 311 g/mol. The number of rotatable bonds is 5. The number of nitrogens with zero attached hydrogens (tertiary/aromatic N) is 2. The summed E-state index contributed by atoms with van der Waals surface area (Å²) in [6.45, 7) is 2.15. The molecule has 0 atom stereocenters.